The second kappa shape index (κ2) is 12.6. The average Bonchev–Trinajstić information content (AvgIpc) is 3.23. The molecule has 2 rings (SSSR count). The van der Waals surface area contributed by atoms with Gasteiger partial charge < -0.3 is 47.1 Å². The fraction of sp³-hybridized carbons (Fsp3) is 0.409. The highest BCUT2D eigenvalue weighted by molar-refractivity contribution is 5.95. The standard InChI is InChI=1S/C22H29N5O9/c1-10(29)18(23)21(34)25-14(6-11-8-24-13-5-3-2-4-12(11)13)19(32)27-16(9-28)20(33)26-15(22(35)36)7-17(30)31/h2-5,8,10,14-16,18,24,28-29H,6-7,9,23H2,1H3,(H,25,34)(H,26,33)(H,27,32)(H,30,31)(H,35,36). The van der Waals surface area contributed by atoms with E-state index in [9.17, 15) is 34.2 Å². The van der Waals surface area contributed by atoms with Gasteiger partial charge in [-0.2, -0.15) is 0 Å². The molecule has 0 aliphatic heterocycles. The normalized spacial score (nSPS) is 15.2. The molecule has 1 aromatic carbocycles. The topological polar surface area (TPSA) is 244 Å². The van der Waals surface area contributed by atoms with Crippen molar-refractivity contribution in [2.45, 2.75) is 50.0 Å². The number of hydrogen-bond donors (Lipinski definition) is 9. The van der Waals surface area contributed by atoms with E-state index < -0.39 is 73.0 Å². The first kappa shape index (κ1) is 28.2. The summed E-state index contributed by atoms with van der Waals surface area (Å²) in [6, 6.07) is 1.06. The van der Waals surface area contributed by atoms with E-state index in [-0.39, 0.29) is 6.42 Å². The fourth-order valence-corrected chi connectivity index (χ4v) is 3.33. The Balaban J connectivity index is 2.24. The second-order valence-corrected chi connectivity index (χ2v) is 8.13. The molecule has 3 amide bonds. The third-order valence-corrected chi connectivity index (χ3v) is 5.36. The van der Waals surface area contributed by atoms with Crippen LogP contribution in [0.1, 0.15) is 18.9 Å². The van der Waals surface area contributed by atoms with E-state index in [2.05, 4.69) is 15.6 Å². The smallest absolute Gasteiger partial charge is 0.326 e. The molecule has 14 heteroatoms. The van der Waals surface area contributed by atoms with Crippen LogP contribution >= 0.6 is 0 Å². The first-order valence-corrected chi connectivity index (χ1v) is 10.9. The molecule has 0 bridgehead atoms. The molecule has 5 atom stereocenters. The predicted molar refractivity (Wildman–Crippen MR) is 124 cm³/mol. The third kappa shape index (κ3) is 7.49. The number of aliphatic hydroxyl groups excluding tert-OH is 2. The molecule has 2 aromatic rings. The Labute approximate surface area is 204 Å². The van der Waals surface area contributed by atoms with Gasteiger partial charge in [-0.05, 0) is 18.6 Å². The summed E-state index contributed by atoms with van der Waals surface area (Å²) in [5.41, 5.74) is 7.06. The molecule has 196 valence electrons. The van der Waals surface area contributed by atoms with E-state index in [4.69, 9.17) is 15.9 Å². The van der Waals surface area contributed by atoms with Gasteiger partial charge in [0.2, 0.25) is 17.7 Å². The largest absolute Gasteiger partial charge is 0.481 e. The lowest BCUT2D eigenvalue weighted by molar-refractivity contribution is -0.147. The van der Waals surface area contributed by atoms with E-state index >= 15 is 0 Å². The van der Waals surface area contributed by atoms with Crippen molar-refractivity contribution >= 4 is 40.6 Å². The van der Waals surface area contributed by atoms with Crippen molar-refractivity contribution in [2.75, 3.05) is 6.61 Å². The number of carbonyl (C=O) groups is 5. The summed E-state index contributed by atoms with van der Waals surface area (Å²) < 4.78 is 0. The van der Waals surface area contributed by atoms with E-state index in [1.807, 2.05) is 5.32 Å². The van der Waals surface area contributed by atoms with Crippen molar-refractivity contribution in [3.05, 3.63) is 36.0 Å². The summed E-state index contributed by atoms with van der Waals surface area (Å²) in [4.78, 5) is 63.1. The van der Waals surface area contributed by atoms with Crippen LogP contribution in [-0.4, -0.2) is 91.9 Å². The van der Waals surface area contributed by atoms with Gasteiger partial charge in [-0.25, -0.2) is 4.79 Å². The third-order valence-electron chi connectivity index (χ3n) is 5.36. The van der Waals surface area contributed by atoms with E-state index in [0.717, 1.165) is 10.9 Å². The van der Waals surface area contributed by atoms with E-state index in [1.54, 1.807) is 30.5 Å². The lowest BCUT2D eigenvalue weighted by Crippen LogP contribution is -2.59. The van der Waals surface area contributed by atoms with Gasteiger partial charge in [-0.1, -0.05) is 18.2 Å². The van der Waals surface area contributed by atoms with Crippen LogP contribution < -0.4 is 21.7 Å². The number of nitrogens with one attached hydrogen (secondary N) is 4. The molecular weight excluding hydrogens is 478 g/mol. The van der Waals surface area contributed by atoms with Crippen molar-refractivity contribution < 1.29 is 44.4 Å². The van der Waals surface area contributed by atoms with Crippen molar-refractivity contribution in [1.29, 1.82) is 0 Å². The summed E-state index contributed by atoms with van der Waals surface area (Å²) >= 11 is 0. The molecule has 0 aliphatic rings. The Hall–Kier alpha value is -4.01. The molecular formula is C22H29N5O9. The Morgan fingerprint density at radius 2 is 1.53 bits per heavy atom. The molecule has 0 spiro atoms. The Morgan fingerprint density at radius 3 is 2.11 bits per heavy atom. The molecule has 1 heterocycles. The van der Waals surface area contributed by atoms with Crippen LogP contribution in [0.15, 0.2) is 30.5 Å². The highest BCUT2D eigenvalue weighted by Gasteiger charge is 2.32. The number of rotatable bonds is 13. The van der Waals surface area contributed by atoms with Crippen LogP contribution in [0.5, 0.6) is 0 Å². The van der Waals surface area contributed by atoms with Crippen molar-refractivity contribution in [2.24, 2.45) is 5.73 Å². The maximum atomic E-state index is 13.1. The van der Waals surface area contributed by atoms with Gasteiger partial charge in [0.1, 0.15) is 24.2 Å². The molecule has 0 radical (unpaired) electrons. The molecule has 14 nitrogen and oxygen atoms in total. The van der Waals surface area contributed by atoms with Gasteiger partial charge >= 0.3 is 11.9 Å². The van der Waals surface area contributed by atoms with Crippen molar-refractivity contribution in [1.82, 2.24) is 20.9 Å². The minimum Gasteiger partial charge on any atom is -0.481 e. The zero-order valence-electron chi connectivity index (χ0n) is 19.3. The minimum atomic E-state index is -1.80. The number of aromatic nitrogens is 1. The lowest BCUT2D eigenvalue weighted by atomic mass is 10.0. The zero-order valence-corrected chi connectivity index (χ0v) is 19.3. The SMILES string of the molecule is CC(O)C(N)C(=O)NC(Cc1c[nH]c2ccccc12)C(=O)NC(CO)C(=O)NC(CC(=O)O)C(=O)O. The average molecular weight is 508 g/mol. The van der Waals surface area contributed by atoms with Crippen LogP contribution in [0.2, 0.25) is 0 Å². The molecule has 0 aliphatic carbocycles. The number of amides is 3. The molecule has 36 heavy (non-hydrogen) atoms. The zero-order chi connectivity index (χ0) is 27.0. The number of aliphatic carboxylic acids is 2. The fourth-order valence-electron chi connectivity index (χ4n) is 3.33. The van der Waals surface area contributed by atoms with Crippen LogP contribution in [0.25, 0.3) is 10.9 Å². The van der Waals surface area contributed by atoms with Crippen LogP contribution in [0.4, 0.5) is 0 Å². The van der Waals surface area contributed by atoms with Gasteiger partial charge in [0, 0.05) is 23.5 Å². The molecule has 0 saturated heterocycles. The van der Waals surface area contributed by atoms with Crippen LogP contribution in [0.3, 0.4) is 0 Å². The molecule has 1 aromatic heterocycles. The molecule has 0 fully saturated rings. The number of aromatic amines is 1. The number of H-pyrrole nitrogens is 1. The maximum absolute atomic E-state index is 13.1. The first-order valence-electron chi connectivity index (χ1n) is 10.9. The number of hydrogen-bond acceptors (Lipinski definition) is 8. The summed E-state index contributed by atoms with van der Waals surface area (Å²) in [7, 11) is 0. The summed E-state index contributed by atoms with van der Waals surface area (Å²) in [5, 5.41) is 44.5. The maximum Gasteiger partial charge on any atom is 0.326 e. The number of carboxylic acids is 2. The summed E-state index contributed by atoms with van der Waals surface area (Å²) in [6.07, 6.45) is -0.584. The van der Waals surface area contributed by atoms with Gasteiger partial charge in [-0.3, -0.25) is 19.2 Å². The minimum absolute atomic E-state index is 0.0648. The van der Waals surface area contributed by atoms with Crippen molar-refractivity contribution in [3.63, 3.8) is 0 Å². The number of para-hydroxylation sites is 1. The number of aliphatic hydroxyl groups is 2. The molecule has 0 saturated carbocycles. The van der Waals surface area contributed by atoms with E-state index in [0.29, 0.717) is 5.56 Å². The molecule has 5 unspecified atom stereocenters. The first-order chi connectivity index (χ1) is 16.9. The lowest BCUT2D eigenvalue weighted by Gasteiger charge is -2.24. The highest BCUT2D eigenvalue weighted by atomic mass is 16.4. The summed E-state index contributed by atoms with van der Waals surface area (Å²) in [5.74, 6) is -6.00. The van der Waals surface area contributed by atoms with Gasteiger partial charge in [-0.15, -0.1) is 0 Å². The number of carboxylic acid groups (broad SMARTS) is 2. The van der Waals surface area contributed by atoms with Gasteiger partial charge in [0.25, 0.3) is 0 Å². The van der Waals surface area contributed by atoms with Crippen LogP contribution in [0, 0.1) is 0 Å². The van der Waals surface area contributed by atoms with Crippen LogP contribution in [-0.2, 0) is 30.4 Å². The Bertz CT molecular complexity index is 1120. The summed E-state index contributed by atoms with van der Waals surface area (Å²) in [6.45, 7) is 0.346. The van der Waals surface area contributed by atoms with Crippen molar-refractivity contribution in [3.8, 4) is 0 Å². The van der Waals surface area contributed by atoms with Gasteiger partial charge in [0.15, 0.2) is 0 Å². The Kier molecular flexibility index (Phi) is 9.90. The van der Waals surface area contributed by atoms with E-state index in [1.165, 1.54) is 6.92 Å². The highest BCUT2D eigenvalue weighted by Crippen LogP contribution is 2.19. The molecule has 10 N–H and O–H groups in total. The monoisotopic (exact) mass is 507 g/mol. The number of nitrogens with two attached hydrogens (primary N) is 1. The second-order valence-electron chi connectivity index (χ2n) is 8.13. The number of fused-ring (bicyclic) bond motifs is 1. The quantitative estimate of drug-likeness (QED) is 0.137. The number of carbonyl (C=O) groups excluding carboxylic acids is 3. The van der Waals surface area contributed by atoms with Gasteiger partial charge in [0.05, 0.1) is 19.1 Å². The predicted octanol–water partition coefficient (Wildman–Crippen LogP) is -2.58. The number of benzene rings is 1. The Morgan fingerprint density at radius 1 is 0.944 bits per heavy atom.